The molecule has 1 aliphatic carbocycles. The van der Waals surface area contributed by atoms with Gasteiger partial charge in [0.1, 0.15) is 5.01 Å². The zero-order valence-corrected chi connectivity index (χ0v) is 18.9. The van der Waals surface area contributed by atoms with Crippen LogP contribution >= 0.6 is 11.3 Å². The fourth-order valence-corrected chi connectivity index (χ4v) is 4.79. The van der Waals surface area contributed by atoms with Crippen LogP contribution in [-0.2, 0) is 29.5 Å². The Bertz CT molecular complexity index is 1080. The van der Waals surface area contributed by atoms with Gasteiger partial charge in [-0.1, -0.05) is 18.3 Å². The molecule has 1 saturated carbocycles. The Morgan fingerprint density at radius 1 is 1.06 bits per heavy atom. The summed E-state index contributed by atoms with van der Waals surface area (Å²) < 4.78 is 1.67. The molecule has 0 saturated heterocycles. The van der Waals surface area contributed by atoms with Gasteiger partial charge in [-0.3, -0.25) is 14.3 Å². The predicted octanol–water partition coefficient (Wildman–Crippen LogP) is 2.72. The highest BCUT2D eigenvalue weighted by molar-refractivity contribution is 7.15. The maximum absolute atomic E-state index is 12.2. The minimum absolute atomic E-state index is 0.0740. The van der Waals surface area contributed by atoms with E-state index in [0.717, 1.165) is 42.1 Å². The van der Waals surface area contributed by atoms with Crippen LogP contribution in [0.25, 0.3) is 0 Å². The van der Waals surface area contributed by atoms with Crippen LogP contribution < -0.4 is 10.6 Å². The van der Waals surface area contributed by atoms with Gasteiger partial charge in [0.15, 0.2) is 5.82 Å². The average molecular weight is 455 g/mol. The van der Waals surface area contributed by atoms with Crippen molar-refractivity contribution in [1.29, 1.82) is 0 Å². The number of rotatable bonds is 8. The quantitative estimate of drug-likeness (QED) is 0.535. The van der Waals surface area contributed by atoms with Gasteiger partial charge in [-0.15, -0.1) is 15.3 Å². The molecule has 0 unspecified atom stereocenters. The molecule has 0 bridgehead atoms. The van der Waals surface area contributed by atoms with E-state index in [0.29, 0.717) is 29.2 Å². The fraction of sp³-hybridized carbons (Fsp3) is 0.476. The fourth-order valence-electron chi connectivity index (χ4n) is 3.88. The van der Waals surface area contributed by atoms with Gasteiger partial charge in [0.25, 0.3) is 0 Å². The van der Waals surface area contributed by atoms with E-state index in [1.165, 1.54) is 11.3 Å². The van der Waals surface area contributed by atoms with Crippen LogP contribution in [-0.4, -0.2) is 42.0 Å². The molecular weight excluding hydrogens is 428 g/mol. The Hall–Kier alpha value is -3.21. The van der Waals surface area contributed by atoms with Gasteiger partial charge in [0.05, 0.1) is 17.8 Å². The molecule has 0 aliphatic heterocycles. The summed E-state index contributed by atoms with van der Waals surface area (Å²) in [6.45, 7) is 1.80. The topological polar surface area (TPSA) is 128 Å². The monoisotopic (exact) mass is 454 g/mol. The first-order valence-corrected chi connectivity index (χ1v) is 11.5. The molecule has 0 spiro atoms. The van der Waals surface area contributed by atoms with E-state index in [2.05, 4.69) is 36.1 Å². The van der Waals surface area contributed by atoms with Gasteiger partial charge in [-0.2, -0.15) is 10.2 Å². The number of nitrogens with zero attached hydrogens (tertiary/aromatic N) is 6. The van der Waals surface area contributed by atoms with Gasteiger partial charge < -0.3 is 10.6 Å². The molecule has 3 heterocycles. The largest absolute Gasteiger partial charge is 0.309 e. The van der Waals surface area contributed by atoms with Crippen molar-refractivity contribution in [3.05, 3.63) is 40.8 Å². The molecule has 0 radical (unpaired) electrons. The number of carbonyl (C=O) groups excluding carboxylic acids is 2. The molecular formula is C21H26N8O2S. The lowest BCUT2D eigenvalue weighted by atomic mass is 10.00. The second-order valence-corrected chi connectivity index (χ2v) is 9.05. The summed E-state index contributed by atoms with van der Waals surface area (Å²) in [6, 6.07) is 5.54. The molecule has 3 aromatic rings. The molecule has 10 nitrogen and oxygen atoms in total. The van der Waals surface area contributed by atoms with Crippen molar-refractivity contribution in [1.82, 2.24) is 30.2 Å². The number of hydrogen-bond donors (Lipinski definition) is 2. The standard InChI is InChI=1S/C21H26N8O2S/c1-3-18(30)22-17-7-6-15(24-25-17)11-13-4-5-14(10-13)20-26-27-21(32-20)23-19(31)12-16-8-9-29(2)28-16/h6-9,13-14H,3-5,10-12H2,1-2H3,(H,22,25,30)(H,23,27,31)/t13-,14+/m1/s1. The molecule has 0 aromatic carbocycles. The maximum atomic E-state index is 12.2. The van der Waals surface area contributed by atoms with Crippen molar-refractivity contribution >= 4 is 34.1 Å². The zero-order valence-electron chi connectivity index (χ0n) is 18.1. The summed E-state index contributed by atoms with van der Waals surface area (Å²) >= 11 is 1.44. The second-order valence-electron chi connectivity index (χ2n) is 8.04. The Labute approximate surface area is 189 Å². The van der Waals surface area contributed by atoms with Crippen molar-refractivity contribution in [2.24, 2.45) is 13.0 Å². The van der Waals surface area contributed by atoms with E-state index >= 15 is 0 Å². The second kappa shape index (κ2) is 9.94. The van der Waals surface area contributed by atoms with Crippen LogP contribution in [0.15, 0.2) is 24.4 Å². The third-order valence-corrected chi connectivity index (χ3v) is 6.50. The summed E-state index contributed by atoms with van der Waals surface area (Å²) in [5.41, 5.74) is 1.64. The molecule has 1 aliphatic rings. The minimum Gasteiger partial charge on any atom is -0.309 e. The van der Waals surface area contributed by atoms with Crippen LogP contribution in [0.1, 0.15) is 54.9 Å². The molecule has 11 heteroatoms. The number of nitrogens with one attached hydrogen (secondary N) is 2. The number of carbonyl (C=O) groups is 2. The van der Waals surface area contributed by atoms with Gasteiger partial charge in [-0.05, 0) is 49.8 Å². The summed E-state index contributed by atoms with van der Waals surface area (Å²) in [6.07, 6.45) is 6.41. The summed E-state index contributed by atoms with van der Waals surface area (Å²) in [7, 11) is 1.82. The van der Waals surface area contributed by atoms with Gasteiger partial charge in [0, 0.05) is 25.6 Å². The molecule has 2 N–H and O–H groups in total. The summed E-state index contributed by atoms with van der Waals surface area (Å²) in [4.78, 5) is 23.7. The van der Waals surface area contributed by atoms with Crippen LogP contribution in [0.2, 0.25) is 0 Å². The normalized spacial score (nSPS) is 17.9. The minimum atomic E-state index is -0.146. The van der Waals surface area contributed by atoms with Crippen LogP contribution in [0.5, 0.6) is 0 Å². The lowest BCUT2D eigenvalue weighted by molar-refractivity contribution is -0.116. The van der Waals surface area contributed by atoms with Crippen LogP contribution in [0.3, 0.4) is 0 Å². The van der Waals surface area contributed by atoms with Crippen molar-refractivity contribution in [3.63, 3.8) is 0 Å². The first-order valence-electron chi connectivity index (χ1n) is 10.7. The average Bonchev–Trinajstić information content (AvgIpc) is 3.51. The SMILES string of the molecule is CCC(=O)Nc1ccc(C[C@@H]2CC[C@H](c3nnc(NC(=O)Cc4ccn(C)n4)s3)C2)nn1. The first-order chi connectivity index (χ1) is 15.5. The van der Waals surface area contributed by atoms with Gasteiger partial charge in [-0.25, -0.2) is 0 Å². The third-order valence-electron chi connectivity index (χ3n) is 5.49. The Morgan fingerprint density at radius 3 is 2.66 bits per heavy atom. The highest BCUT2D eigenvalue weighted by Crippen LogP contribution is 2.41. The maximum Gasteiger partial charge on any atom is 0.232 e. The van der Waals surface area contributed by atoms with Crippen molar-refractivity contribution in [2.75, 3.05) is 10.6 Å². The lowest BCUT2D eigenvalue weighted by Gasteiger charge is -2.09. The van der Waals surface area contributed by atoms with Crippen molar-refractivity contribution in [3.8, 4) is 0 Å². The number of anilines is 2. The van der Waals surface area contributed by atoms with E-state index in [4.69, 9.17) is 0 Å². The van der Waals surface area contributed by atoms with Gasteiger partial charge >= 0.3 is 0 Å². The highest BCUT2D eigenvalue weighted by Gasteiger charge is 2.29. The van der Waals surface area contributed by atoms with E-state index in [1.807, 2.05) is 25.4 Å². The molecule has 3 aromatic heterocycles. The first kappa shape index (κ1) is 22.0. The smallest absolute Gasteiger partial charge is 0.232 e. The summed E-state index contributed by atoms with van der Waals surface area (Å²) in [5.74, 6) is 1.10. The highest BCUT2D eigenvalue weighted by atomic mass is 32.1. The molecule has 4 rings (SSSR count). The Balaban J connectivity index is 1.27. The number of hydrogen-bond acceptors (Lipinski definition) is 8. The molecule has 1 fully saturated rings. The molecule has 32 heavy (non-hydrogen) atoms. The van der Waals surface area contributed by atoms with E-state index in [9.17, 15) is 9.59 Å². The Morgan fingerprint density at radius 2 is 1.94 bits per heavy atom. The van der Waals surface area contributed by atoms with Crippen molar-refractivity contribution in [2.45, 2.75) is 51.4 Å². The van der Waals surface area contributed by atoms with Gasteiger partial charge in [0.2, 0.25) is 16.9 Å². The zero-order chi connectivity index (χ0) is 22.5. The number of amides is 2. The lowest BCUT2D eigenvalue weighted by Crippen LogP contribution is -2.14. The van der Waals surface area contributed by atoms with E-state index in [-0.39, 0.29) is 18.2 Å². The molecule has 168 valence electrons. The number of aromatic nitrogens is 6. The number of aryl methyl sites for hydroxylation is 1. The van der Waals surface area contributed by atoms with E-state index in [1.54, 1.807) is 17.7 Å². The van der Waals surface area contributed by atoms with E-state index < -0.39 is 0 Å². The van der Waals surface area contributed by atoms with Crippen molar-refractivity contribution < 1.29 is 9.59 Å². The molecule has 2 atom stereocenters. The summed E-state index contributed by atoms with van der Waals surface area (Å²) in [5, 5.41) is 28.1. The predicted molar refractivity (Wildman–Crippen MR) is 120 cm³/mol. The third kappa shape index (κ3) is 5.72. The van der Waals surface area contributed by atoms with Crippen LogP contribution in [0, 0.1) is 5.92 Å². The molecule has 2 amide bonds. The Kier molecular flexibility index (Phi) is 6.84. The van der Waals surface area contributed by atoms with Crippen LogP contribution in [0.4, 0.5) is 10.9 Å².